The van der Waals surface area contributed by atoms with Crippen molar-refractivity contribution in [1.29, 1.82) is 0 Å². The summed E-state index contributed by atoms with van der Waals surface area (Å²) in [6.45, 7) is 2.39. The van der Waals surface area contributed by atoms with E-state index >= 15 is 0 Å². The molecule has 1 heterocycles. The number of nitrogens with one attached hydrogen (secondary N) is 2. The summed E-state index contributed by atoms with van der Waals surface area (Å²) in [4.78, 5) is 26.3. The van der Waals surface area contributed by atoms with Gasteiger partial charge in [-0.3, -0.25) is 9.59 Å². The van der Waals surface area contributed by atoms with Crippen LogP contribution in [0.4, 0.5) is 5.69 Å². The van der Waals surface area contributed by atoms with Crippen molar-refractivity contribution < 1.29 is 14.3 Å². The molecular formula is C17H26ClN3O3. The van der Waals surface area contributed by atoms with Gasteiger partial charge in [0.2, 0.25) is 5.91 Å². The van der Waals surface area contributed by atoms with E-state index in [-0.39, 0.29) is 24.2 Å². The molecule has 24 heavy (non-hydrogen) atoms. The molecule has 6 nitrogen and oxygen atoms in total. The molecule has 0 atom stereocenters. The van der Waals surface area contributed by atoms with E-state index in [1.807, 2.05) is 11.9 Å². The van der Waals surface area contributed by atoms with Crippen LogP contribution in [0.3, 0.4) is 0 Å². The Morgan fingerprint density at radius 1 is 1.25 bits per heavy atom. The summed E-state index contributed by atoms with van der Waals surface area (Å²) in [6.07, 6.45) is 3.29. The van der Waals surface area contributed by atoms with Crippen LogP contribution in [0, 0.1) is 0 Å². The Hall–Kier alpha value is -1.79. The van der Waals surface area contributed by atoms with E-state index in [1.54, 1.807) is 25.3 Å². The van der Waals surface area contributed by atoms with Gasteiger partial charge in [-0.25, -0.2) is 0 Å². The van der Waals surface area contributed by atoms with Gasteiger partial charge in [0.1, 0.15) is 5.75 Å². The molecule has 0 bridgehead atoms. The second-order valence-corrected chi connectivity index (χ2v) is 5.67. The smallest absolute Gasteiger partial charge is 0.253 e. The van der Waals surface area contributed by atoms with Crippen LogP contribution in [0.2, 0.25) is 0 Å². The number of halogens is 1. The topological polar surface area (TPSA) is 70.7 Å². The fourth-order valence-corrected chi connectivity index (χ4v) is 2.68. The number of methoxy groups -OCH3 is 1. The highest BCUT2D eigenvalue weighted by atomic mass is 35.5. The number of hydrogen-bond acceptors (Lipinski definition) is 4. The van der Waals surface area contributed by atoms with Gasteiger partial charge in [0.25, 0.3) is 5.91 Å². The number of nitrogens with zero attached hydrogens (tertiary/aromatic N) is 1. The summed E-state index contributed by atoms with van der Waals surface area (Å²) in [7, 11) is 3.41. The van der Waals surface area contributed by atoms with Crippen LogP contribution in [0.5, 0.6) is 5.75 Å². The average molecular weight is 356 g/mol. The van der Waals surface area contributed by atoms with Crippen LogP contribution in [0.15, 0.2) is 18.2 Å². The summed E-state index contributed by atoms with van der Waals surface area (Å²) in [6, 6.07) is 5.18. The molecule has 0 unspecified atom stereocenters. The minimum Gasteiger partial charge on any atom is -0.495 e. The van der Waals surface area contributed by atoms with Crippen LogP contribution < -0.4 is 15.4 Å². The Labute approximate surface area is 149 Å². The molecule has 134 valence electrons. The fraction of sp³-hybridized carbons (Fsp3) is 0.529. The Balaban J connectivity index is 0.00000288. The molecule has 0 aliphatic carbocycles. The number of hydrogen-bond donors (Lipinski definition) is 2. The van der Waals surface area contributed by atoms with E-state index in [4.69, 9.17) is 4.74 Å². The highest BCUT2D eigenvalue weighted by molar-refractivity contribution is 5.98. The molecule has 2 amide bonds. The highest BCUT2D eigenvalue weighted by Gasteiger charge is 2.20. The van der Waals surface area contributed by atoms with E-state index in [0.717, 1.165) is 38.9 Å². The van der Waals surface area contributed by atoms with E-state index in [2.05, 4.69) is 10.6 Å². The van der Waals surface area contributed by atoms with Crippen molar-refractivity contribution in [3.8, 4) is 5.75 Å². The number of likely N-dealkylation sites (tertiary alicyclic amines) is 1. The lowest BCUT2D eigenvalue weighted by atomic mass is 10.1. The molecule has 0 saturated carbocycles. The average Bonchev–Trinajstić information content (AvgIpc) is 3.09. The summed E-state index contributed by atoms with van der Waals surface area (Å²) in [5.74, 6) is 0.491. The zero-order chi connectivity index (χ0) is 16.7. The molecule has 1 fully saturated rings. The Morgan fingerprint density at radius 3 is 2.58 bits per heavy atom. The minimum atomic E-state index is -0.0793. The van der Waals surface area contributed by atoms with Gasteiger partial charge in [-0.1, -0.05) is 0 Å². The molecule has 1 aromatic rings. The lowest BCUT2D eigenvalue weighted by molar-refractivity contribution is -0.116. The van der Waals surface area contributed by atoms with Crippen LogP contribution in [-0.2, 0) is 4.79 Å². The normalized spacial score (nSPS) is 13.3. The van der Waals surface area contributed by atoms with Crippen molar-refractivity contribution in [2.24, 2.45) is 0 Å². The maximum atomic E-state index is 12.5. The Kier molecular flexibility index (Phi) is 8.57. The van der Waals surface area contributed by atoms with E-state index in [1.165, 1.54) is 0 Å². The molecule has 0 radical (unpaired) electrons. The molecule has 7 heteroatoms. The van der Waals surface area contributed by atoms with Gasteiger partial charge in [-0.2, -0.15) is 0 Å². The molecule has 0 spiro atoms. The SMILES string of the molecule is CNCCCC(=O)Nc1cc(C(=O)N2CCCC2)ccc1OC.Cl. The molecule has 1 saturated heterocycles. The first-order valence-corrected chi connectivity index (χ1v) is 8.07. The Bertz CT molecular complexity index is 560. The number of carbonyl (C=O) groups excluding carboxylic acids is 2. The van der Waals surface area contributed by atoms with Crippen LogP contribution >= 0.6 is 12.4 Å². The van der Waals surface area contributed by atoms with Gasteiger partial charge in [-0.05, 0) is 51.1 Å². The monoisotopic (exact) mass is 355 g/mol. The summed E-state index contributed by atoms with van der Waals surface area (Å²) in [5.41, 5.74) is 1.13. The molecule has 1 aliphatic rings. The fourth-order valence-electron chi connectivity index (χ4n) is 2.68. The Morgan fingerprint density at radius 2 is 1.96 bits per heavy atom. The summed E-state index contributed by atoms with van der Waals surface area (Å²) in [5, 5.41) is 5.85. The molecular weight excluding hydrogens is 330 g/mol. The lowest BCUT2D eigenvalue weighted by Crippen LogP contribution is -2.27. The molecule has 1 aromatic carbocycles. The standard InChI is InChI=1S/C17H25N3O3.ClH/c1-18-9-5-6-16(21)19-14-12-13(7-8-15(14)23-2)17(22)20-10-3-4-11-20;/h7-8,12,18H,3-6,9-11H2,1-2H3,(H,19,21);1H. The molecule has 2 rings (SSSR count). The third-order valence-corrected chi connectivity index (χ3v) is 3.94. The second kappa shape index (κ2) is 10.2. The zero-order valence-corrected chi connectivity index (χ0v) is 15.1. The maximum absolute atomic E-state index is 12.5. The van der Waals surface area contributed by atoms with Crippen molar-refractivity contribution in [2.75, 3.05) is 39.1 Å². The predicted molar refractivity (Wildman–Crippen MR) is 97.2 cm³/mol. The largest absolute Gasteiger partial charge is 0.495 e. The van der Waals surface area contributed by atoms with Crippen LogP contribution in [-0.4, -0.2) is 50.5 Å². The quantitative estimate of drug-likeness (QED) is 0.736. The van der Waals surface area contributed by atoms with Crippen molar-refractivity contribution in [3.05, 3.63) is 23.8 Å². The minimum absolute atomic E-state index is 0. The van der Waals surface area contributed by atoms with Gasteiger partial charge >= 0.3 is 0 Å². The molecule has 2 N–H and O–H groups in total. The summed E-state index contributed by atoms with van der Waals surface area (Å²) >= 11 is 0. The third-order valence-electron chi connectivity index (χ3n) is 3.94. The van der Waals surface area contributed by atoms with Gasteiger partial charge in [0.05, 0.1) is 12.8 Å². The van der Waals surface area contributed by atoms with Crippen molar-refractivity contribution in [1.82, 2.24) is 10.2 Å². The first-order valence-electron chi connectivity index (χ1n) is 8.07. The summed E-state index contributed by atoms with van der Waals surface area (Å²) < 4.78 is 5.28. The number of amides is 2. The number of ether oxygens (including phenoxy) is 1. The zero-order valence-electron chi connectivity index (χ0n) is 14.3. The first-order chi connectivity index (χ1) is 11.2. The molecule has 0 aromatic heterocycles. The van der Waals surface area contributed by atoms with Crippen molar-refractivity contribution in [2.45, 2.75) is 25.7 Å². The van der Waals surface area contributed by atoms with Crippen LogP contribution in [0.25, 0.3) is 0 Å². The molecule has 1 aliphatic heterocycles. The van der Waals surface area contributed by atoms with Crippen molar-refractivity contribution in [3.63, 3.8) is 0 Å². The number of anilines is 1. The van der Waals surface area contributed by atoms with E-state index in [9.17, 15) is 9.59 Å². The second-order valence-electron chi connectivity index (χ2n) is 5.67. The highest BCUT2D eigenvalue weighted by Crippen LogP contribution is 2.27. The number of rotatable bonds is 7. The van der Waals surface area contributed by atoms with Crippen LogP contribution in [0.1, 0.15) is 36.0 Å². The third kappa shape index (κ3) is 5.39. The van der Waals surface area contributed by atoms with Gasteiger partial charge in [-0.15, -0.1) is 12.4 Å². The predicted octanol–water partition coefficient (Wildman–Crippen LogP) is 2.29. The van der Waals surface area contributed by atoms with E-state index in [0.29, 0.717) is 23.4 Å². The van der Waals surface area contributed by atoms with Gasteiger partial charge in [0, 0.05) is 25.1 Å². The van der Waals surface area contributed by atoms with Gasteiger partial charge < -0.3 is 20.3 Å². The lowest BCUT2D eigenvalue weighted by Gasteiger charge is -2.17. The number of benzene rings is 1. The number of carbonyl (C=O) groups is 2. The van der Waals surface area contributed by atoms with E-state index < -0.39 is 0 Å². The maximum Gasteiger partial charge on any atom is 0.253 e. The van der Waals surface area contributed by atoms with Gasteiger partial charge in [0.15, 0.2) is 0 Å². The first kappa shape index (κ1) is 20.3. The van der Waals surface area contributed by atoms with Crippen molar-refractivity contribution >= 4 is 29.9 Å².